The van der Waals surface area contributed by atoms with E-state index in [4.69, 9.17) is 0 Å². The van der Waals surface area contributed by atoms with Crippen LogP contribution in [0.5, 0.6) is 0 Å². The van der Waals surface area contributed by atoms with Gasteiger partial charge in [0.2, 0.25) is 0 Å². The van der Waals surface area contributed by atoms with Crippen LogP contribution >= 0.6 is 0 Å². The highest BCUT2D eigenvalue weighted by Crippen LogP contribution is 2.28. The van der Waals surface area contributed by atoms with Gasteiger partial charge < -0.3 is 5.11 Å². The predicted octanol–water partition coefficient (Wildman–Crippen LogP) is 3.77. The highest BCUT2D eigenvalue weighted by atomic mass is 19.4. The molecule has 0 saturated carbocycles. The summed E-state index contributed by atoms with van der Waals surface area (Å²) in [6.07, 6.45) is -4.75. The monoisotopic (exact) mass is 289 g/mol. The Kier molecular flexibility index (Phi) is 6.02. The van der Waals surface area contributed by atoms with Crippen LogP contribution in [0.2, 0.25) is 0 Å². The van der Waals surface area contributed by atoms with Crippen molar-refractivity contribution in [3.8, 4) is 0 Å². The van der Waals surface area contributed by atoms with E-state index in [1.807, 2.05) is 6.07 Å². The quantitative estimate of drug-likeness (QED) is 0.861. The van der Waals surface area contributed by atoms with Gasteiger partial charge in [0.05, 0.1) is 12.6 Å². The first-order valence-electron chi connectivity index (χ1n) is 6.81. The topological polar surface area (TPSA) is 23.5 Å². The smallest absolute Gasteiger partial charge is 0.387 e. The number of hydrogen-bond donors (Lipinski definition) is 1. The molecule has 0 heterocycles. The average Bonchev–Trinajstić information content (AvgIpc) is 2.37. The Labute approximate surface area is 118 Å². The predicted molar refractivity (Wildman–Crippen MR) is 73.4 cm³/mol. The maximum atomic E-state index is 12.7. The largest absolute Gasteiger partial charge is 0.401 e. The summed E-state index contributed by atoms with van der Waals surface area (Å²) in [6.45, 7) is 4.22. The molecule has 2 atom stereocenters. The average molecular weight is 289 g/mol. The Morgan fingerprint density at radius 1 is 1.15 bits per heavy atom. The molecule has 1 N–H and O–H groups in total. The van der Waals surface area contributed by atoms with Crippen LogP contribution in [0.1, 0.15) is 38.9 Å². The summed E-state index contributed by atoms with van der Waals surface area (Å²) < 4.78 is 38.1. The van der Waals surface area contributed by atoms with Crippen LogP contribution in [0.25, 0.3) is 0 Å². The van der Waals surface area contributed by atoms with Crippen molar-refractivity contribution < 1.29 is 18.3 Å². The molecule has 0 saturated heterocycles. The fourth-order valence-electron chi connectivity index (χ4n) is 2.40. The van der Waals surface area contributed by atoms with Gasteiger partial charge in [0.1, 0.15) is 0 Å². The van der Waals surface area contributed by atoms with Gasteiger partial charge in [-0.05, 0) is 25.8 Å². The van der Waals surface area contributed by atoms with Crippen LogP contribution in [-0.2, 0) is 0 Å². The molecule has 0 aliphatic heterocycles. The van der Waals surface area contributed by atoms with Crippen molar-refractivity contribution in [3.63, 3.8) is 0 Å². The van der Waals surface area contributed by atoms with Crippen molar-refractivity contribution in [2.75, 3.05) is 6.54 Å². The molecule has 0 aliphatic rings. The molecule has 1 aromatic carbocycles. The summed E-state index contributed by atoms with van der Waals surface area (Å²) in [5.41, 5.74) is 0.646. The highest BCUT2D eigenvalue weighted by Gasteiger charge is 2.37. The second kappa shape index (κ2) is 7.09. The molecule has 0 radical (unpaired) electrons. The molecule has 20 heavy (non-hydrogen) atoms. The minimum atomic E-state index is -4.27. The Morgan fingerprint density at radius 3 is 2.10 bits per heavy atom. The van der Waals surface area contributed by atoms with Crippen LogP contribution in [0, 0.1) is 0 Å². The number of hydrogen-bond acceptors (Lipinski definition) is 2. The SMILES string of the molecule is CCC(C(O)c1ccccc1)N(CC(F)(F)F)C(C)C. The molecule has 0 aromatic heterocycles. The first-order chi connectivity index (χ1) is 9.26. The third-order valence-corrected chi connectivity index (χ3v) is 3.37. The fourth-order valence-corrected chi connectivity index (χ4v) is 2.40. The minimum Gasteiger partial charge on any atom is -0.387 e. The second-order valence-electron chi connectivity index (χ2n) is 5.21. The molecule has 0 spiro atoms. The maximum Gasteiger partial charge on any atom is 0.401 e. The molecule has 2 nitrogen and oxygen atoms in total. The third kappa shape index (κ3) is 4.80. The Bertz CT molecular complexity index is 392. The zero-order chi connectivity index (χ0) is 15.3. The van der Waals surface area contributed by atoms with E-state index in [2.05, 4.69) is 0 Å². The Hall–Kier alpha value is -1.07. The third-order valence-electron chi connectivity index (χ3n) is 3.37. The second-order valence-corrected chi connectivity index (χ2v) is 5.21. The normalized spacial score (nSPS) is 15.7. The van der Waals surface area contributed by atoms with E-state index in [1.54, 1.807) is 45.0 Å². The molecule has 5 heteroatoms. The van der Waals surface area contributed by atoms with Gasteiger partial charge in [0, 0.05) is 12.1 Å². The van der Waals surface area contributed by atoms with E-state index >= 15 is 0 Å². The van der Waals surface area contributed by atoms with Crippen LogP contribution in [-0.4, -0.2) is 34.8 Å². The number of rotatable bonds is 6. The fraction of sp³-hybridized carbons (Fsp3) is 0.600. The van der Waals surface area contributed by atoms with Crippen LogP contribution in [0.3, 0.4) is 0 Å². The Morgan fingerprint density at radius 2 is 1.70 bits per heavy atom. The van der Waals surface area contributed by atoms with Crippen molar-refractivity contribution in [2.45, 2.75) is 51.6 Å². The van der Waals surface area contributed by atoms with Gasteiger partial charge in [-0.25, -0.2) is 0 Å². The first kappa shape index (κ1) is 17.0. The van der Waals surface area contributed by atoms with E-state index in [1.165, 1.54) is 4.90 Å². The number of halogens is 3. The number of nitrogens with zero attached hydrogens (tertiary/aromatic N) is 1. The maximum absolute atomic E-state index is 12.7. The van der Waals surface area contributed by atoms with E-state index in [9.17, 15) is 18.3 Å². The summed E-state index contributed by atoms with van der Waals surface area (Å²) in [7, 11) is 0. The van der Waals surface area contributed by atoms with Gasteiger partial charge in [-0.2, -0.15) is 13.2 Å². The number of aliphatic hydroxyl groups is 1. The van der Waals surface area contributed by atoms with Gasteiger partial charge in [-0.1, -0.05) is 37.3 Å². The summed E-state index contributed by atoms with van der Waals surface area (Å²) in [4.78, 5) is 1.32. The lowest BCUT2D eigenvalue weighted by Crippen LogP contribution is -2.48. The standard InChI is InChI=1S/C15H22F3NO/c1-4-13(14(20)12-8-6-5-7-9-12)19(11(2)3)10-15(16,17)18/h5-9,11,13-14,20H,4,10H2,1-3H3. The molecule has 2 unspecified atom stereocenters. The highest BCUT2D eigenvalue weighted by molar-refractivity contribution is 5.19. The van der Waals surface area contributed by atoms with Gasteiger partial charge in [0.25, 0.3) is 0 Å². The molecule has 114 valence electrons. The van der Waals surface area contributed by atoms with Crippen molar-refractivity contribution in [1.82, 2.24) is 4.90 Å². The van der Waals surface area contributed by atoms with E-state index in [0.29, 0.717) is 12.0 Å². The zero-order valence-electron chi connectivity index (χ0n) is 12.1. The molecule has 0 amide bonds. The first-order valence-corrected chi connectivity index (χ1v) is 6.81. The van der Waals surface area contributed by atoms with Crippen molar-refractivity contribution in [1.29, 1.82) is 0 Å². The van der Waals surface area contributed by atoms with Gasteiger partial charge in [0.15, 0.2) is 0 Å². The summed E-state index contributed by atoms with van der Waals surface area (Å²) >= 11 is 0. The van der Waals surface area contributed by atoms with Crippen LogP contribution < -0.4 is 0 Å². The van der Waals surface area contributed by atoms with Crippen molar-refractivity contribution >= 4 is 0 Å². The van der Waals surface area contributed by atoms with E-state index in [-0.39, 0.29) is 6.04 Å². The molecule has 0 bridgehead atoms. The zero-order valence-corrected chi connectivity index (χ0v) is 12.1. The van der Waals surface area contributed by atoms with E-state index < -0.39 is 24.9 Å². The summed E-state index contributed by atoms with van der Waals surface area (Å²) in [5.74, 6) is 0. The van der Waals surface area contributed by atoms with Crippen LogP contribution in [0.4, 0.5) is 13.2 Å². The summed E-state index contributed by atoms with van der Waals surface area (Å²) in [6, 6.07) is 7.98. The number of benzene rings is 1. The lowest BCUT2D eigenvalue weighted by Gasteiger charge is -2.37. The lowest BCUT2D eigenvalue weighted by atomic mass is 9.97. The molecule has 1 rings (SSSR count). The van der Waals surface area contributed by atoms with Crippen LogP contribution in [0.15, 0.2) is 30.3 Å². The van der Waals surface area contributed by atoms with Gasteiger partial charge >= 0.3 is 6.18 Å². The van der Waals surface area contributed by atoms with E-state index in [0.717, 1.165) is 0 Å². The molecular weight excluding hydrogens is 267 g/mol. The summed E-state index contributed by atoms with van der Waals surface area (Å²) in [5, 5.41) is 10.4. The van der Waals surface area contributed by atoms with Gasteiger partial charge in [-0.3, -0.25) is 4.90 Å². The number of alkyl halides is 3. The Balaban J connectivity index is 2.96. The minimum absolute atomic E-state index is 0.292. The van der Waals surface area contributed by atoms with Gasteiger partial charge in [-0.15, -0.1) is 0 Å². The molecule has 0 fully saturated rings. The number of aliphatic hydroxyl groups excluding tert-OH is 1. The molecular formula is C15H22F3NO. The molecule has 0 aliphatic carbocycles. The van der Waals surface area contributed by atoms with Crippen molar-refractivity contribution in [2.24, 2.45) is 0 Å². The van der Waals surface area contributed by atoms with Crippen molar-refractivity contribution in [3.05, 3.63) is 35.9 Å². The molecule has 1 aromatic rings. The lowest BCUT2D eigenvalue weighted by molar-refractivity contribution is -0.161.